The number of para-hydroxylation sites is 3. The SMILES string of the molecule is CC(C)c1cc(-c2ccccc2)cc(C(C)C)c1-n1c(-c2cccc3c2oc2cc4c(ccc5ccc([Si](C)(C)C)cc54)cc23)nc2ccccc21. The third kappa shape index (κ3) is 5.19. The number of aromatic nitrogens is 2. The minimum Gasteiger partial charge on any atom is -0.455 e. The van der Waals surface area contributed by atoms with Gasteiger partial charge in [-0.15, -0.1) is 0 Å². The van der Waals surface area contributed by atoms with Crippen LogP contribution in [0.15, 0.2) is 132 Å². The Morgan fingerprint density at radius 1 is 0.577 bits per heavy atom. The number of fused-ring (bicyclic) bond motifs is 7. The van der Waals surface area contributed by atoms with Crippen LogP contribution in [0.3, 0.4) is 0 Å². The van der Waals surface area contributed by atoms with Crippen LogP contribution in [0.1, 0.15) is 50.7 Å². The molecular formula is C48H44N2OSi. The van der Waals surface area contributed by atoms with Crippen molar-refractivity contribution < 1.29 is 4.42 Å². The molecule has 0 N–H and O–H groups in total. The number of hydrogen-bond acceptors (Lipinski definition) is 2. The third-order valence-corrected chi connectivity index (χ3v) is 12.9. The highest BCUT2D eigenvalue weighted by Gasteiger charge is 2.26. The quantitative estimate of drug-likeness (QED) is 0.128. The van der Waals surface area contributed by atoms with Gasteiger partial charge in [-0.3, -0.25) is 4.57 Å². The Hall–Kier alpha value is -5.45. The van der Waals surface area contributed by atoms with Gasteiger partial charge in [-0.2, -0.15) is 0 Å². The van der Waals surface area contributed by atoms with Gasteiger partial charge in [0.15, 0.2) is 0 Å². The summed E-state index contributed by atoms with van der Waals surface area (Å²) in [5, 5.41) is 8.73. The highest BCUT2D eigenvalue weighted by molar-refractivity contribution is 6.88. The topological polar surface area (TPSA) is 31.0 Å². The molecule has 0 saturated carbocycles. The molecule has 0 bridgehead atoms. The van der Waals surface area contributed by atoms with Crippen LogP contribution in [0.5, 0.6) is 0 Å². The Balaban J connectivity index is 1.33. The van der Waals surface area contributed by atoms with Crippen molar-refractivity contribution in [3.8, 4) is 28.2 Å². The number of benzene rings is 7. The molecule has 9 rings (SSSR count). The fourth-order valence-corrected chi connectivity index (χ4v) is 9.20. The van der Waals surface area contributed by atoms with E-state index in [1.807, 2.05) is 0 Å². The van der Waals surface area contributed by atoms with Gasteiger partial charge in [0, 0.05) is 10.8 Å². The molecule has 3 nitrogen and oxygen atoms in total. The summed E-state index contributed by atoms with van der Waals surface area (Å²) in [4.78, 5) is 5.40. The maximum absolute atomic E-state index is 6.97. The fraction of sp³-hybridized carbons (Fsp3) is 0.188. The molecule has 4 heteroatoms. The first-order valence-electron chi connectivity index (χ1n) is 18.6. The molecule has 2 heterocycles. The van der Waals surface area contributed by atoms with Gasteiger partial charge in [-0.25, -0.2) is 4.98 Å². The summed E-state index contributed by atoms with van der Waals surface area (Å²) in [7, 11) is -1.49. The molecule has 0 atom stereocenters. The lowest BCUT2D eigenvalue weighted by molar-refractivity contribution is 0.670. The van der Waals surface area contributed by atoms with Crippen molar-refractivity contribution in [1.82, 2.24) is 9.55 Å². The van der Waals surface area contributed by atoms with Gasteiger partial charge in [-0.1, -0.05) is 137 Å². The van der Waals surface area contributed by atoms with Crippen LogP contribution in [-0.2, 0) is 0 Å². The minimum atomic E-state index is -1.49. The molecule has 0 aliphatic rings. The molecule has 2 aromatic heterocycles. The van der Waals surface area contributed by atoms with Crippen LogP contribution in [0.2, 0.25) is 19.6 Å². The minimum absolute atomic E-state index is 0.288. The summed E-state index contributed by atoms with van der Waals surface area (Å²) in [6.07, 6.45) is 0. The Bertz CT molecular complexity index is 2800. The van der Waals surface area contributed by atoms with Crippen LogP contribution in [0, 0.1) is 0 Å². The van der Waals surface area contributed by atoms with Crippen molar-refractivity contribution in [1.29, 1.82) is 0 Å². The smallest absolute Gasteiger partial charge is 0.149 e. The van der Waals surface area contributed by atoms with E-state index in [-0.39, 0.29) is 11.8 Å². The normalized spacial score (nSPS) is 12.5. The predicted molar refractivity (Wildman–Crippen MR) is 225 cm³/mol. The third-order valence-electron chi connectivity index (χ3n) is 10.9. The summed E-state index contributed by atoms with van der Waals surface area (Å²) >= 11 is 0. The second kappa shape index (κ2) is 12.1. The predicted octanol–water partition coefficient (Wildman–Crippen LogP) is 13.4. The zero-order valence-corrected chi connectivity index (χ0v) is 32.1. The highest BCUT2D eigenvalue weighted by atomic mass is 28.3. The molecule has 256 valence electrons. The molecule has 0 spiro atoms. The van der Waals surface area contributed by atoms with Crippen LogP contribution in [0.25, 0.3) is 82.7 Å². The Kier molecular flexibility index (Phi) is 7.53. The summed E-state index contributed by atoms with van der Waals surface area (Å²) in [5.41, 5.74) is 11.2. The first kappa shape index (κ1) is 32.5. The van der Waals surface area contributed by atoms with Crippen molar-refractivity contribution in [3.63, 3.8) is 0 Å². The maximum Gasteiger partial charge on any atom is 0.149 e. The summed E-state index contributed by atoms with van der Waals surface area (Å²) in [5.74, 6) is 1.48. The average molecular weight is 693 g/mol. The van der Waals surface area contributed by atoms with E-state index in [2.05, 4.69) is 179 Å². The van der Waals surface area contributed by atoms with E-state index in [1.54, 1.807) is 0 Å². The number of furan rings is 1. The Morgan fingerprint density at radius 2 is 1.25 bits per heavy atom. The molecule has 0 amide bonds. The van der Waals surface area contributed by atoms with Crippen LogP contribution >= 0.6 is 0 Å². The van der Waals surface area contributed by atoms with Crippen molar-refractivity contribution in [2.75, 3.05) is 0 Å². The zero-order valence-electron chi connectivity index (χ0n) is 31.1. The molecule has 0 aliphatic carbocycles. The van der Waals surface area contributed by atoms with E-state index in [0.29, 0.717) is 0 Å². The van der Waals surface area contributed by atoms with E-state index in [0.717, 1.165) is 44.4 Å². The molecule has 0 fully saturated rings. The van der Waals surface area contributed by atoms with Gasteiger partial charge in [0.2, 0.25) is 0 Å². The first-order chi connectivity index (χ1) is 25.1. The second-order valence-electron chi connectivity index (χ2n) is 16.0. The summed E-state index contributed by atoms with van der Waals surface area (Å²) < 4.78 is 9.38. The number of imidazole rings is 1. The van der Waals surface area contributed by atoms with Crippen LogP contribution in [0.4, 0.5) is 0 Å². The van der Waals surface area contributed by atoms with Gasteiger partial charge < -0.3 is 4.42 Å². The molecule has 52 heavy (non-hydrogen) atoms. The first-order valence-corrected chi connectivity index (χ1v) is 22.1. The van der Waals surface area contributed by atoms with Gasteiger partial charge in [-0.05, 0) is 98.1 Å². The lowest BCUT2D eigenvalue weighted by Crippen LogP contribution is -2.37. The average Bonchev–Trinajstić information content (AvgIpc) is 3.71. The molecule has 7 aromatic carbocycles. The number of hydrogen-bond donors (Lipinski definition) is 0. The standard InChI is InChI=1S/C48H44N2OSi/c1-29(2)38-25-34(31-14-9-8-10-15-31)26-39(30(3)4)46(38)50-44-19-12-11-18-43(44)49-48(50)37-17-13-16-36-42-24-33-21-20-32-22-23-35(52(5,6)7)27-40(32)41(33)28-45(42)51-47(36)37/h8-30H,1-7H3. The monoisotopic (exact) mass is 692 g/mol. The van der Waals surface area contributed by atoms with Crippen molar-refractivity contribution >= 4 is 67.8 Å². The van der Waals surface area contributed by atoms with Crippen LogP contribution < -0.4 is 5.19 Å². The van der Waals surface area contributed by atoms with E-state index >= 15 is 0 Å². The van der Waals surface area contributed by atoms with E-state index in [9.17, 15) is 0 Å². The van der Waals surface area contributed by atoms with Crippen molar-refractivity contribution in [2.24, 2.45) is 0 Å². The zero-order chi connectivity index (χ0) is 35.9. The molecule has 9 aromatic rings. The molecule has 0 unspecified atom stereocenters. The van der Waals surface area contributed by atoms with Gasteiger partial charge in [0.1, 0.15) is 17.0 Å². The van der Waals surface area contributed by atoms with E-state index < -0.39 is 8.07 Å². The molecule has 0 radical (unpaired) electrons. The lowest BCUT2D eigenvalue weighted by Gasteiger charge is -2.24. The number of rotatable bonds is 6. The molecular weight excluding hydrogens is 649 g/mol. The van der Waals surface area contributed by atoms with Crippen molar-refractivity contribution in [2.45, 2.75) is 59.2 Å². The Labute approximate surface area is 306 Å². The maximum atomic E-state index is 6.97. The largest absolute Gasteiger partial charge is 0.455 e. The Morgan fingerprint density at radius 3 is 1.98 bits per heavy atom. The van der Waals surface area contributed by atoms with E-state index in [1.165, 1.54) is 54.7 Å². The highest BCUT2D eigenvalue weighted by Crippen LogP contribution is 2.43. The lowest BCUT2D eigenvalue weighted by atomic mass is 9.88. The second-order valence-corrected chi connectivity index (χ2v) is 21.1. The summed E-state index contributed by atoms with van der Waals surface area (Å²) in [6.45, 7) is 16.5. The summed E-state index contributed by atoms with van der Waals surface area (Å²) in [6, 6.07) is 46.8. The van der Waals surface area contributed by atoms with Crippen LogP contribution in [-0.4, -0.2) is 17.6 Å². The fourth-order valence-electron chi connectivity index (χ4n) is 8.04. The van der Waals surface area contributed by atoms with E-state index in [4.69, 9.17) is 9.40 Å². The van der Waals surface area contributed by atoms with Gasteiger partial charge in [0.05, 0.1) is 30.4 Å². The van der Waals surface area contributed by atoms with Gasteiger partial charge >= 0.3 is 0 Å². The molecule has 0 aliphatic heterocycles. The molecule has 0 saturated heterocycles. The van der Waals surface area contributed by atoms with Gasteiger partial charge in [0.25, 0.3) is 0 Å². The van der Waals surface area contributed by atoms with Crippen molar-refractivity contribution in [3.05, 3.63) is 139 Å². The number of nitrogens with zero attached hydrogens (tertiary/aromatic N) is 2.